The molecule has 0 aliphatic rings. The minimum atomic E-state index is -4.48. The predicted octanol–water partition coefficient (Wildman–Crippen LogP) is 3.93. The van der Waals surface area contributed by atoms with Crippen LogP contribution in [0.25, 0.3) is 0 Å². The van der Waals surface area contributed by atoms with Crippen LogP contribution in [0, 0.1) is 0 Å². The van der Waals surface area contributed by atoms with Gasteiger partial charge in [-0.3, -0.25) is 4.79 Å². The maximum atomic E-state index is 13.1. The zero-order valence-corrected chi connectivity index (χ0v) is 16.1. The Bertz CT molecular complexity index is 811. The van der Waals surface area contributed by atoms with Gasteiger partial charge in [-0.1, -0.05) is 18.2 Å². The highest BCUT2D eigenvalue weighted by Gasteiger charge is 2.33. The summed E-state index contributed by atoms with van der Waals surface area (Å²) in [4.78, 5) is 13.8. The SMILES string of the molecule is COc1cc(CC(=O)N(C)Cc2ccccc2C(F)(F)F)cc(OC)c1OC. The fraction of sp³-hybridized carbons (Fsp3) is 0.350. The predicted molar refractivity (Wildman–Crippen MR) is 97.7 cm³/mol. The summed E-state index contributed by atoms with van der Waals surface area (Å²) in [6.45, 7) is -0.154. The van der Waals surface area contributed by atoms with Crippen LogP contribution in [0.4, 0.5) is 13.2 Å². The van der Waals surface area contributed by atoms with E-state index in [0.29, 0.717) is 22.8 Å². The molecule has 8 heteroatoms. The van der Waals surface area contributed by atoms with Crippen LogP contribution >= 0.6 is 0 Å². The Labute approximate surface area is 161 Å². The molecule has 152 valence electrons. The van der Waals surface area contributed by atoms with Gasteiger partial charge in [0.1, 0.15) is 0 Å². The molecule has 0 aliphatic carbocycles. The fourth-order valence-electron chi connectivity index (χ4n) is 2.83. The minimum absolute atomic E-state index is 0.0264. The second kappa shape index (κ2) is 8.86. The Hall–Kier alpha value is -2.90. The van der Waals surface area contributed by atoms with Crippen LogP contribution in [0.15, 0.2) is 36.4 Å². The van der Waals surface area contributed by atoms with Gasteiger partial charge in [-0.2, -0.15) is 13.2 Å². The topological polar surface area (TPSA) is 48.0 Å². The molecule has 0 aliphatic heterocycles. The molecule has 0 aromatic heterocycles. The van der Waals surface area contributed by atoms with Crippen LogP contribution in [0.1, 0.15) is 16.7 Å². The molecule has 0 saturated carbocycles. The Morgan fingerprint density at radius 3 is 2.07 bits per heavy atom. The number of amides is 1. The van der Waals surface area contributed by atoms with Gasteiger partial charge in [-0.05, 0) is 29.3 Å². The highest BCUT2D eigenvalue weighted by Crippen LogP contribution is 2.38. The first-order valence-electron chi connectivity index (χ1n) is 8.39. The van der Waals surface area contributed by atoms with Crippen LogP contribution < -0.4 is 14.2 Å². The minimum Gasteiger partial charge on any atom is -0.493 e. The molecule has 0 unspecified atom stereocenters. The van der Waals surface area contributed by atoms with Gasteiger partial charge in [0.2, 0.25) is 11.7 Å². The number of carbonyl (C=O) groups is 1. The molecular weight excluding hydrogens is 375 g/mol. The number of rotatable bonds is 7. The van der Waals surface area contributed by atoms with Crippen molar-refractivity contribution in [3.05, 3.63) is 53.1 Å². The van der Waals surface area contributed by atoms with Crippen LogP contribution in [-0.2, 0) is 23.9 Å². The first kappa shape index (κ1) is 21.4. The van der Waals surface area contributed by atoms with Gasteiger partial charge in [-0.25, -0.2) is 0 Å². The van der Waals surface area contributed by atoms with E-state index in [4.69, 9.17) is 14.2 Å². The normalized spacial score (nSPS) is 11.1. The van der Waals surface area contributed by atoms with Crippen molar-refractivity contribution in [1.82, 2.24) is 4.90 Å². The summed E-state index contributed by atoms with van der Waals surface area (Å²) in [7, 11) is 5.86. The van der Waals surface area contributed by atoms with Crippen molar-refractivity contribution in [2.75, 3.05) is 28.4 Å². The first-order chi connectivity index (χ1) is 13.2. The van der Waals surface area contributed by atoms with Crippen LogP contribution in [0.3, 0.4) is 0 Å². The standard InChI is InChI=1S/C20H22F3NO4/c1-24(12-14-7-5-6-8-15(14)20(21,22)23)18(25)11-13-9-16(26-2)19(28-4)17(10-13)27-3/h5-10H,11-12H2,1-4H3. The summed E-state index contributed by atoms with van der Waals surface area (Å²) < 4.78 is 55.2. The smallest absolute Gasteiger partial charge is 0.416 e. The van der Waals surface area contributed by atoms with Gasteiger partial charge in [-0.15, -0.1) is 0 Å². The van der Waals surface area contributed by atoms with Gasteiger partial charge in [0.15, 0.2) is 11.5 Å². The molecule has 2 aromatic carbocycles. The molecule has 2 aromatic rings. The number of alkyl halides is 3. The molecule has 2 rings (SSSR count). The van der Waals surface area contributed by atoms with Gasteiger partial charge >= 0.3 is 6.18 Å². The quantitative estimate of drug-likeness (QED) is 0.710. The van der Waals surface area contributed by atoms with Crippen molar-refractivity contribution < 1.29 is 32.2 Å². The molecule has 0 saturated heterocycles. The largest absolute Gasteiger partial charge is 0.493 e. The molecule has 0 bridgehead atoms. The lowest BCUT2D eigenvalue weighted by Crippen LogP contribution is -2.28. The molecule has 0 radical (unpaired) electrons. The van der Waals surface area contributed by atoms with E-state index in [9.17, 15) is 18.0 Å². The summed E-state index contributed by atoms with van der Waals surface area (Å²) in [5, 5.41) is 0. The third kappa shape index (κ3) is 4.88. The second-order valence-electron chi connectivity index (χ2n) is 6.12. The van der Waals surface area contributed by atoms with Crippen LogP contribution in [-0.4, -0.2) is 39.2 Å². The Balaban J connectivity index is 2.20. The van der Waals surface area contributed by atoms with E-state index < -0.39 is 11.7 Å². The first-order valence-corrected chi connectivity index (χ1v) is 8.39. The van der Waals surface area contributed by atoms with Gasteiger partial charge in [0.05, 0.1) is 33.3 Å². The number of hydrogen-bond donors (Lipinski definition) is 0. The van der Waals surface area contributed by atoms with E-state index in [2.05, 4.69) is 0 Å². The average molecular weight is 397 g/mol. The van der Waals surface area contributed by atoms with Crippen molar-refractivity contribution in [3.8, 4) is 17.2 Å². The third-order valence-electron chi connectivity index (χ3n) is 4.24. The summed E-state index contributed by atoms with van der Waals surface area (Å²) in [6, 6.07) is 8.48. The molecule has 0 spiro atoms. The number of hydrogen-bond acceptors (Lipinski definition) is 4. The number of methoxy groups -OCH3 is 3. The van der Waals surface area contributed by atoms with Gasteiger partial charge in [0.25, 0.3) is 0 Å². The molecule has 5 nitrogen and oxygen atoms in total. The molecule has 0 heterocycles. The summed E-state index contributed by atoms with van der Waals surface area (Å²) in [5.74, 6) is 0.851. The maximum Gasteiger partial charge on any atom is 0.416 e. The fourth-order valence-corrected chi connectivity index (χ4v) is 2.83. The van der Waals surface area contributed by atoms with Gasteiger partial charge in [0, 0.05) is 13.6 Å². The van der Waals surface area contributed by atoms with Crippen LogP contribution in [0.2, 0.25) is 0 Å². The Kier molecular flexibility index (Phi) is 6.77. The molecule has 0 atom stereocenters. The van der Waals surface area contributed by atoms with Crippen molar-refractivity contribution in [2.45, 2.75) is 19.1 Å². The number of halogens is 3. The number of benzene rings is 2. The maximum absolute atomic E-state index is 13.1. The monoisotopic (exact) mass is 397 g/mol. The number of carbonyl (C=O) groups excluding carboxylic acids is 1. The van der Waals surface area contributed by atoms with Crippen molar-refractivity contribution in [1.29, 1.82) is 0 Å². The lowest BCUT2D eigenvalue weighted by molar-refractivity contribution is -0.139. The molecular formula is C20H22F3NO4. The highest BCUT2D eigenvalue weighted by molar-refractivity contribution is 5.79. The Morgan fingerprint density at radius 1 is 1.00 bits per heavy atom. The van der Waals surface area contributed by atoms with Gasteiger partial charge < -0.3 is 19.1 Å². The Morgan fingerprint density at radius 2 is 1.57 bits per heavy atom. The summed E-state index contributed by atoms with van der Waals surface area (Å²) in [5.41, 5.74) is -0.117. The highest BCUT2D eigenvalue weighted by atomic mass is 19.4. The number of likely N-dealkylation sites (N-methyl/N-ethyl adjacent to an activating group) is 1. The van der Waals surface area contributed by atoms with E-state index in [1.807, 2.05) is 0 Å². The molecule has 0 fully saturated rings. The number of nitrogens with zero attached hydrogens (tertiary/aromatic N) is 1. The molecule has 28 heavy (non-hydrogen) atoms. The summed E-state index contributed by atoms with van der Waals surface area (Å²) >= 11 is 0. The zero-order chi connectivity index (χ0) is 20.9. The lowest BCUT2D eigenvalue weighted by Gasteiger charge is -2.21. The van der Waals surface area contributed by atoms with Crippen molar-refractivity contribution >= 4 is 5.91 Å². The van der Waals surface area contributed by atoms with Crippen molar-refractivity contribution in [2.24, 2.45) is 0 Å². The average Bonchev–Trinajstić information content (AvgIpc) is 2.66. The van der Waals surface area contributed by atoms with E-state index in [0.717, 1.165) is 6.07 Å². The summed E-state index contributed by atoms with van der Waals surface area (Å²) in [6.07, 6.45) is -4.50. The van der Waals surface area contributed by atoms with E-state index in [1.54, 1.807) is 12.1 Å². The van der Waals surface area contributed by atoms with E-state index in [1.165, 1.54) is 51.5 Å². The third-order valence-corrected chi connectivity index (χ3v) is 4.24. The number of ether oxygens (including phenoxy) is 3. The van der Waals surface area contributed by atoms with Crippen LogP contribution in [0.5, 0.6) is 17.2 Å². The van der Waals surface area contributed by atoms with Crippen molar-refractivity contribution in [3.63, 3.8) is 0 Å². The lowest BCUT2D eigenvalue weighted by atomic mass is 10.1. The second-order valence-corrected chi connectivity index (χ2v) is 6.12. The van der Waals surface area contributed by atoms with E-state index >= 15 is 0 Å². The molecule has 1 amide bonds. The zero-order valence-electron chi connectivity index (χ0n) is 16.1. The van der Waals surface area contributed by atoms with E-state index in [-0.39, 0.29) is 24.4 Å². The molecule has 0 N–H and O–H groups in total.